The minimum atomic E-state index is -4.79. The number of nitrogens with zero attached hydrogens (tertiary/aromatic N) is 9. The molecule has 2 aliphatic heterocycles. The van der Waals surface area contributed by atoms with Gasteiger partial charge in [0.15, 0.2) is 22.4 Å². The molecule has 6 rings (SSSR count). The molecule has 0 bridgehead atoms. The summed E-state index contributed by atoms with van der Waals surface area (Å²) >= 11 is 6.00. The molecule has 15 nitrogen and oxygen atoms in total. The summed E-state index contributed by atoms with van der Waals surface area (Å²) in [6.07, 6.45) is -1.32. The number of hydrogen-bond donors (Lipinski definition) is 2. The molecule has 0 unspecified atom stereocenters. The number of carbonyl (C=O) groups is 2. The Morgan fingerprint density at radius 2 is 1.84 bits per heavy atom. The highest BCUT2D eigenvalue weighted by atomic mass is 35.5. The first-order chi connectivity index (χ1) is 24.1. The number of amides is 2. The van der Waals surface area contributed by atoms with Crippen molar-refractivity contribution in [3.05, 3.63) is 68.6 Å². The highest BCUT2D eigenvalue weighted by Crippen LogP contribution is 2.32. The highest BCUT2D eigenvalue weighted by molar-refractivity contribution is 6.50. The van der Waals surface area contributed by atoms with Crippen LogP contribution in [0.2, 0.25) is 5.15 Å². The minimum Gasteiger partial charge on any atom is -0.504 e. The highest BCUT2D eigenvalue weighted by Gasteiger charge is 2.38. The number of aromatic nitrogens is 7. The van der Waals surface area contributed by atoms with Crippen molar-refractivity contribution in [1.29, 1.82) is 0 Å². The lowest BCUT2D eigenvalue weighted by atomic mass is 9.60. The fourth-order valence-corrected chi connectivity index (χ4v) is 6.05. The van der Waals surface area contributed by atoms with E-state index in [4.69, 9.17) is 32.0 Å². The number of ether oxygens (including phenoxy) is 1. The van der Waals surface area contributed by atoms with Crippen molar-refractivity contribution >= 4 is 61.8 Å². The lowest BCUT2D eigenvalue weighted by Gasteiger charge is -2.38. The SMILES string of the molecule is [B]C([B])(C(=O)Nc1ccc(C(F)(F)F)nc1Cl)n1c(CC)c(N2CCN(C(=O)c3ncnc(C)c3O)CC2)c(=O)n2nc(C3=CCOCC3)nc12. The summed E-state index contributed by atoms with van der Waals surface area (Å²) in [6, 6.07) is 1.54. The van der Waals surface area contributed by atoms with Gasteiger partial charge in [-0.3, -0.25) is 14.4 Å². The number of nitrogens with one attached hydrogen (secondary N) is 1. The van der Waals surface area contributed by atoms with Gasteiger partial charge in [0.05, 0.1) is 24.6 Å². The smallest absolute Gasteiger partial charge is 0.433 e. The van der Waals surface area contributed by atoms with Crippen molar-refractivity contribution < 1.29 is 32.6 Å². The quantitative estimate of drug-likeness (QED) is 0.210. The summed E-state index contributed by atoms with van der Waals surface area (Å²) in [4.78, 5) is 60.2. The number of rotatable bonds is 7. The molecule has 6 heterocycles. The zero-order valence-corrected chi connectivity index (χ0v) is 28.0. The lowest BCUT2D eigenvalue weighted by Crippen LogP contribution is -2.53. The van der Waals surface area contributed by atoms with Crippen LogP contribution < -0.4 is 15.8 Å². The second kappa shape index (κ2) is 13.6. The molecule has 2 amide bonds. The zero-order chi connectivity index (χ0) is 36.8. The fraction of sp³-hybridized carbons (Fsp3) is 0.400. The average Bonchev–Trinajstić information content (AvgIpc) is 3.55. The minimum absolute atomic E-state index is 0.0811. The second-order valence-corrected chi connectivity index (χ2v) is 12.1. The number of aromatic hydroxyl groups is 1. The van der Waals surface area contributed by atoms with Crippen molar-refractivity contribution in [3.8, 4) is 5.75 Å². The Morgan fingerprint density at radius 1 is 1.12 bits per heavy atom. The molecular weight excluding hydrogens is 694 g/mol. The first-order valence-corrected chi connectivity index (χ1v) is 16.0. The molecule has 4 aromatic rings. The summed E-state index contributed by atoms with van der Waals surface area (Å²) in [5.74, 6) is -1.99. The third kappa shape index (κ3) is 6.64. The monoisotopic (exact) mass is 722 g/mol. The van der Waals surface area contributed by atoms with Gasteiger partial charge in [-0.2, -0.15) is 22.7 Å². The van der Waals surface area contributed by atoms with Crippen LogP contribution in [0, 0.1) is 6.92 Å². The van der Waals surface area contributed by atoms with E-state index in [0.29, 0.717) is 24.7 Å². The molecule has 4 aromatic heterocycles. The van der Waals surface area contributed by atoms with E-state index < -0.39 is 39.7 Å². The van der Waals surface area contributed by atoms with Crippen LogP contribution in [0.25, 0.3) is 11.4 Å². The number of halogens is 4. The number of piperazine rings is 1. The van der Waals surface area contributed by atoms with Gasteiger partial charge in [0.2, 0.25) is 11.7 Å². The van der Waals surface area contributed by atoms with Gasteiger partial charge >= 0.3 is 6.18 Å². The van der Waals surface area contributed by atoms with Gasteiger partial charge in [0, 0.05) is 37.2 Å². The number of aryl methyl sites for hydroxylation is 1. The van der Waals surface area contributed by atoms with E-state index in [1.54, 1.807) is 17.9 Å². The normalized spacial score (nSPS) is 15.6. The Bertz CT molecular complexity index is 2130. The maximum absolute atomic E-state index is 14.3. The molecule has 0 aliphatic carbocycles. The van der Waals surface area contributed by atoms with Crippen LogP contribution in [0.15, 0.2) is 29.3 Å². The molecule has 0 saturated carbocycles. The molecule has 262 valence electrons. The summed E-state index contributed by atoms with van der Waals surface area (Å²) in [5, 5.41) is 14.0. The van der Waals surface area contributed by atoms with Crippen molar-refractivity contribution in [1.82, 2.24) is 39.0 Å². The maximum Gasteiger partial charge on any atom is 0.433 e. The van der Waals surface area contributed by atoms with Gasteiger partial charge in [-0.05, 0) is 37.5 Å². The van der Waals surface area contributed by atoms with Crippen LogP contribution in [-0.4, -0.2) is 111 Å². The number of alkyl halides is 3. The number of fused-ring (bicyclic) bond motifs is 1. The third-order valence-electron chi connectivity index (χ3n) is 8.53. The predicted molar refractivity (Wildman–Crippen MR) is 179 cm³/mol. The molecule has 0 atom stereocenters. The van der Waals surface area contributed by atoms with Crippen molar-refractivity contribution in [2.75, 3.05) is 49.6 Å². The lowest BCUT2D eigenvalue weighted by molar-refractivity contribution is -0.141. The second-order valence-electron chi connectivity index (χ2n) is 11.7. The van der Waals surface area contributed by atoms with Crippen LogP contribution in [0.1, 0.15) is 46.7 Å². The Balaban J connectivity index is 1.41. The fourth-order valence-electron chi connectivity index (χ4n) is 5.85. The van der Waals surface area contributed by atoms with Crippen LogP contribution in [0.3, 0.4) is 0 Å². The van der Waals surface area contributed by atoms with Crippen molar-refractivity contribution in [2.45, 2.75) is 38.2 Å². The van der Waals surface area contributed by atoms with Gasteiger partial charge in [-0.15, -0.1) is 5.10 Å². The largest absolute Gasteiger partial charge is 0.504 e. The van der Waals surface area contributed by atoms with Gasteiger partial charge < -0.3 is 29.5 Å². The van der Waals surface area contributed by atoms with E-state index in [1.165, 1.54) is 18.2 Å². The van der Waals surface area contributed by atoms with E-state index in [0.717, 1.165) is 15.1 Å². The molecule has 21 heteroatoms. The van der Waals surface area contributed by atoms with E-state index in [2.05, 4.69) is 30.4 Å². The van der Waals surface area contributed by atoms with Crippen LogP contribution >= 0.6 is 11.6 Å². The maximum atomic E-state index is 14.3. The molecule has 1 fully saturated rings. The Kier molecular flexibility index (Phi) is 9.58. The summed E-state index contributed by atoms with van der Waals surface area (Å²) in [6.45, 7) is 4.42. The predicted octanol–water partition coefficient (Wildman–Crippen LogP) is 1.68. The zero-order valence-electron chi connectivity index (χ0n) is 27.2. The van der Waals surface area contributed by atoms with Gasteiger partial charge in [0.25, 0.3) is 11.5 Å². The summed E-state index contributed by atoms with van der Waals surface area (Å²) < 4.78 is 47.1. The molecule has 1 saturated heterocycles. The number of anilines is 2. The molecule has 51 heavy (non-hydrogen) atoms. The molecule has 2 N–H and O–H groups in total. The topological polar surface area (TPSA) is 173 Å². The first kappa shape index (κ1) is 35.8. The average molecular weight is 723 g/mol. The van der Waals surface area contributed by atoms with Crippen LogP contribution in [0.4, 0.5) is 24.5 Å². The molecular formula is C30H28B2ClF3N10O5. The van der Waals surface area contributed by atoms with E-state index in [9.17, 15) is 32.7 Å². The van der Waals surface area contributed by atoms with Gasteiger partial charge in [-0.1, -0.05) is 24.6 Å². The third-order valence-corrected chi connectivity index (χ3v) is 8.81. The molecule has 0 aromatic carbocycles. The van der Waals surface area contributed by atoms with Crippen molar-refractivity contribution in [2.24, 2.45) is 0 Å². The Hall–Kier alpha value is -4.97. The summed E-state index contributed by atoms with van der Waals surface area (Å²) in [5.41, 5.74) is -1.14. The van der Waals surface area contributed by atoms with Crippen LogP contribution in [0.5, 0.6) is 5.75 Å². The van der Waals surface area contributed by atoms with Gasteiger partial charge in [0.1, 0.15) is 33.4 Å². The summed E-state index contributed by atoms with van der Waals surface area (Å²) in [7, 11) is 13.1. The van der Waals surface area contributed by atoms with Gasteiger partial charge in [-0.25, -0.2) is 15.0 Å². The first-order valence-electron chi connectivity index (χ1n) is 15.6. The molecule has 4 radical (unpaired) electrons. The van der Waals surface area contributed by atoms with E-state index >= 15 is 0 Å². The Labute approximate surface area is 295 Å². The Morgan fingerprint density at radius 3 is 2.47 bits per heavy atom. The standard InChI is InChI=1S/C30H28B2ClF3N10O5/c1-3-18-21(43-8-10-44(11-9-43)25(48)20-22(47)15(2)37-14-38-20)26(49)46-28(41-24(42-46)16-6-12-51-13-7-16)45(18)29(31,32)27(50)39-17-4-5-19(30(34,35)36)40-23(17)33/h4-6,14,47H,3,7-13H2,1-2H3,(H,39,50). The number of pyridine rings is 1. The number of carbonyl (C=O) groups excluding carboxylic acids is 2. The van der Waals surface area contributed by atoms with Crippen LogP contribution in [-0.2, 0) is 27.5 Å². The molecule has 2 aliphatic rings. The van der Waals surface area contributed by atoms with E-state index in [1.807, 2.05) is 0 Å². The molecule has 0 spiro atoms. The van der Waals surface area contributed by atoms with Crippen molar-refractivity contribution in [3.63, 3.8) is 0 Å². The van der Waals surface area contributed by atoms with E-state index in [-0.39, 0.29) is 85.0 Å². The number of hydrogen-bond acceptors (Lipinski definition) is 11.